The normalized spacial score (nSPS) is 30.3. The summed E-state index contributed by atoms with van der Waals surface area (Å²) < 4.78 is 94.0. The van der Waals surface area contributed by atoms with E-state index in [9.17, 15) is 37.1 Å². The molecule has 8 bridgehead atoms. The average Bonchev–Trinajstić information content (AvgIpc) is 3.50. The van der Waals surface area contributed by atoms with Crippen LogP contribution in [0.3, 0.4) is 0 Å². The number of esters is 3. The Kier molecular flexibility index (Phi) is 24.5. The predicted molar refractivity (Wildman–Crippen MR) is 316 cm³/mol. The number of carbonyl (C=O) groups excluding carboxylic acids is 3. The lowest BCUT2D eigenvalue weighted by Crippen LogP contribution is -2.56. The molecule has 3 aromatic rings. The van der Waals surface area contributed by atoms with Gasteiger partial charge in [0.15, 0.2) is 27.6 Å². The largest absolute Gasteiger partial charge is 0.459 e. The quantitative estimate of drug-likeness (QED) is 0.0508. The Balaban J connectivity index is 0.000000141. The third-order valence-electron chi connectivity index (χ3n) is 17.6. The predicted octanol–water partition coefficient (Wildman–Crippen LogP) is 10.8. The van der Waals surface area contributed by atoms with E-state index in [0.29, 0.717) is 71.6 Å². The van der Waals surface area contributed by atoms with Gasteiger partial charge >= 0.3 is 29.8 Å². The molecule has 12 nitrogen and oxygen atoms in total. The van der Waals surface area contributed by atoms with E-state index in [1.165, 1.54) is 49.2 Å². The Labute approximate surface area is 497 Å². The molecule has 11 aliphatic rings. The molecule has 3 aromatic carbocycles. The van der Waals surface area contributed by atoms with Crippen molar-refractivity contribution in [3.63, 3.8) is 0 Å². The first-order valence-electron chi connectivity index (χ1n) is 29.9. The highest BCUT2D eigenvalue weighted by atomic mass is 32.2. The third-order valence-corrected chi connectivity index (χ3v) is 24.4. The van der Waals surface area contributed by atoms with E-state index >= 15 is 0 Å². The standard InChI is InChI=1S/C18H28F2O4.C16H22F2O5.3C10H13OS/c1-4-22-11(2)23-10-18-7-12-5-13(8-18)15(14(6-12)9-18)24-16(21)17(3,19)20;1-15(17,18)14(21)22-7-12(20)23-13-10-2-9-3-11(13)6-16(4-9,5-10)8-19;3*1-2-4-10(5-3-1)12-8-6-11-7-9-12/h11-15H,4-10H2,1-3H3;9-11,13,19H,2-8H2,1H3;3*1-5H,6-9H2/q;;3*+1. The van der Waals surface area contributed by atoms with Gasteiger partial charge < -0.3 is 43.0 Å². The Morgan fingerprint density at radius 2 is 0.916 bits per heavy atom. The maximum Gasteiger partial charge on any atom is 0.377 e. The number of aliphatic hydroxyl groups excluding tert-OH is 1. The number of benzene rings is 3. The van der Waals surface area contributed by atoms with Gasteiger partial charge in [0, 0.05) is 59.7 Å². The van der Waals surface area contributed by atoms with Crippen LogP contribution in [0.2, 0.25) is 0 Å². The molecule has 0 amide bonds. The van der Waals surface area contributed by atoms with Crippen molar-refractivity contribution >= 4 is 50.6 Å². The van der Waals surface area contributed by atoms with Crippen LogP contribution in [0.5, 0.6) is 0 Å². The average molecular weight is 1220 g/mol. The number of aliphatic hydroxyl groups is 1. The monoisotopic (exact) mass is 1220 g/mol. The topological polar surface area (TPSA) is 145 Å². The molecule has 14 rings (SSSR count). The zero-order chi connectivity index (χ0) is 59.0. The molecule has 460 valence electrons. The van der Waals surface area contributed by atoms with Gasteiger partial charge in [-0.25, -0.2) is 14.4 Å². The molecule has 0 spiro atoms. The van der Waals surface area contributed by atoms with Crippen LogP contribution in [0, 0.1) is 46.3 Å². The Hall–Kier alpha value is -3.40. The summed E-state index contributed by atoms with van der Waals surface area (Å²) in [6.07, 6.45) is 8.71. The van der Waals surface area contributed by atoms with Crippen LogP contribution in [-0.4, -0.2) is 154 Å². The smallest absolute Gasteiger partial charge is 0.377 e. The van der Waals surface area contributed by atoms with Gasteiger partial charge in [-0.2, -0.15) is 17.6 Å². The summed E-state index contributed by atoms with van der Waals surface area (Å²) in [6, 6.07) is 32.4. The molecule has 11 fully saturated rings. The molecular formula is C64H89F4O12S3+3. The molecule has 8 aliphatic carbocycles. The minimum Gasteiger partial charge on any atom is -0.459 e. The lowest BCUT2D eigenvalue weighted by Gasteiger charge is -2.59. The van der Waals surface area contributed by atoms with Crippen LogP contribution < -0.4 is 0 Å². The molecular weight excluding hydrogens is 1130 g/mol. The van der Waals surface area contributed by atoms with Crippen LogP contribution in [0.25, 0.3) is 0 Å². The van der Waals surface area contributed by atoms with Crippen molar-refractivity contribution in [1.82, 2.24) is 0 Å². The Morgan fingerprint density at radius 3 is 1.28 bits per heavy atom. The van der Waals surface area contributed by atoms with Gasteiger partial charge in [0.05, 0.1) is 46.2 Å². The molecule has 0 aromatic heterocycles. The summed E-state index contributed by atoms with van der Waals surface area (Å²) in [7, 11) is 1.40. The third kappa shape index (κ3) is 19.0. The highest BCUT2D eigenvalue weighted by Crippen LogP contribution is 2.62. The first-order valence-corrected chi connectivity index (χ1v) is 34.6. The second-order valence-corrected chi connectivity index (χ2v) is 30.9. The molecule has 5 atom stereocenters. The summed E-state index contributed by atoms with van der Waals surface area (Å²) in [6.45, 7) is 11.2. The van der Waals surface area contributed by atoms with Crippen LogP contribution in [-0.2, 0) is 85.0 Å². The number of ether oxygens (including phenoxy) is 8. The molecule has 3 aliphatic heterocycles. The zero-order valence-corrected chi connectivity index (χ0v) is 51.4. The first-order chi connectivity index (χ1) is 39.8. The van der Waals surface area contributed by atoms with E-state index in [-0.39, 0.29) is 59.6 Å². The van der Waals surface area contributed by atoms with Gasteiger partial charge in [-0.1, -0.05) is 54.6 Å². The lowest BCUT2D eigenvalue weighted by atomic mass is 9.48. The van der Waals surface area contributed by atoms with Gasteiger partial charge in [0.25, 0.3) is 0 Å². The molecule has 3 heterocycles. The molecule has 0 radical (unpaired) electrons. The summed E-state index contributed by atoms with van der Waals surface area (Å²) in [5.74, 6) is -1.66. The van der Waals surface area contributed by atoms with Gasteiger partial charge in [0.2, 0.25) is 0 Å². The number of alkyl halides is 4. The van der Waals surface area contributed by atoms with E-state index in [4.69, 9.17) is 33.2 Å². The van der Waals surface area contributed by atoms with Crippen LogP contribution in [0.1, 0.15) is 91.9 Å². The van der Waals surface area contributed by atoms with Crippen molar-refractivity contribution < 1.29 is 74.9 Å². The van der Waals surface area contributed by atoms with E-state index in [0.717, 1.165) is 104 Å². The highest BCUT2D eigenvalue weighted by Gasteiger charge is 2.58. The zero-order valence-electron chi connectivity index (χ0n) is 48.9. The van der Waals surface area contributed by atoms with E-state index in [1.807, 2.05) is 13.8 Å². The molecule has 19 heteroatoms. The second-order valence-electron chi connectivity index (χ2n) is 24.1. The maximum absolute atomic E-state index is 13.2. The molecule has 83 heavy (non-hydrogen) atoms. The van der Waals surface area contributed by atoms with Gasteiger partial charge in [0.1, 0.15) is 46.7 Å². The highest BCUT2D eigenvalue weighted by molar-refractivity contribution is 7.97. The van der Waals surface area contributed by atoms with Gasteiger partial charge in [-0.3, -0.25) is 0 Å². The molecule has 1 N–H and O–H groups in total. The summed E-state index contributed by atoms with van der Waals surface area (Å²) in [5.41, 5.74) is 0.0651. The number of rotatable bonds is 15. The van der Waals surface area contributed by atoms with Crippen LogP contribution >= 0.6 is 0 Å². The number of carbonyl (C=O) groups is 3. The van der Waals surface area contributed by atoms with E-state index in [1.54, 1.807) is 0 Å². The number of hydrogen-bond acceptors (Lipinski definition) is 12. The second kappa shape index (κ2) is 31.0. The van der Waals surface area contributed by atoms with Crippen molar-refractivity contribution in [3.8, 4) is 0 Å². The van der Waals surface area contributed by atoms with Crippen molar-refractivity contribution in [2.75, 3.05) is 101 Å². The summed E-state index contributed by atoms with van der Waals surface area (Å²) >= 11 is 0. The minimum atomic E-state index is -3.61. The van der Waals surface area contributed by atoms with Gasteiger partial charge in [-0.15, -0.1) is 0 Å². The Bertz CT molecular complexity index is 2280. The molecule has 5 unspecified atom stereocenters. The fourth-order valence-corrected chi connectivity index (χ4v) is 20.0. The minimum absolute atomic E-state index is 0.0316. The Morgan fingerprint density at radius 1 is 0.554 bits per heavy atom. The fourth-order valence-electron chi connectivity index (χ4n) is 14.4. The van der Waals surface area contributed by atoms with Crippen molar-refractivity contribution in [2.45, 2.75) is 137 Å². The van der Waals surface area contributed by atoms with Crippen LogP contribution in [0.4, 0.5) is 17.6 Å². The first kappa shape index (κ1) is 65.6. The van der Waals surface area contributed by atoms with Crippen LogP contribution in [0.15, 0.2) is 106 Å². The summed E-state index contributed by atoms with van der Waals surface area (Å²) in [4.78, 5) is 38.9. The SMILES string of the molecule is CC(F)(F)C(=O)OCC(=O)OC1C2CC3CC1CC(CO)(C3)C2.CCOC(C)OCC12CC3CC(C1)C(OC(=O)C(C)(F)F)C(C3)C2.c1ccc([S+]2CCOCC2)cc1.c1ccc([S+]2CCOCC2)cc1.c1ccc([S+]2CCOCC2)cc1. The lowest BCUT2D eigenvalue weighted by molar-refractivity contribution is -0.216. The molecule has 3 saturated heterocycles. The van der Waals surface area contributed by atoms with Crippen molar-refractivity contribution in [3.05, 3.63) is 91.0 Å². The maximum atomic E-state index is 13.2. The summed E-state index contributed by atoms with van der Waals surface area (Å²) in [5, 5.41) is 9.68. The number of hydrogen-bond donors (Lipinski definition) is 1. The van der Waals surface area contributed by atoms with E-state index < -0.39 is 36.4 Å². The van der Waals surface area contributed by atoms with E-state index in [2.05, 4.69) is 95.7 Å². The van der Waals surface area contributed by atoms with Crippen molar-refractivity contribution in [2.24, 2.45) is 46.3 Å². The number of halogens is 4. The fraction of sp³-hybridized carbons (Fsp3) is 0.672. The molecule has 8 saturated carbocycles. The van der Waals surface area contributed by atoms with Gasteiger partial charge in [-0.05, 0) is 161 Å². The van der Waals surface area contributed by atoms with Crippen molar-refractivity contribution in [1.29, 1.82) is 0 Å².